The molecule has 0 aliphatic rings. The number of rotatable bonds is 5. The monoisotopic (exact) mass is 295 g/mol. The number of carbonyl (C=O) groups is 1. The summed E-state index contributed by atoms with van der Waals surface area (Å²) in [5, 5.41) is 12.9. The Morgan fingerprint density at radius 2 is 2.00 bits per heavy atom. The second-order valence-electron chi connectivity index (χ2n) is 4.23. The van der Waals surface area contributed by atoms with Gasteiger partial charge in [0.25, 0.3) is 0 Å². The summed E-state index contributed by atoms with van der Waals surface area (Å²) in [5.41, 5.74) is 1.15. The topological polar surface area (TPSA) is 49.3 Å². The van der Waals surface area contributed by atoms with E-state index >= 15 is 0 Å². The predicted molar refractivity (Wildman–Crippen MR) is 78.0 cm³/mol. The van der Waals surface area contributed by atoms with E-state index in [0.29, 0.717) is 11.4 Å². The van der Waals surface area contributed by atoms with Crippen molar-refractivity contribution in [1.82, 2.24) is 5.32 Å². The first kappa shape index (κ1) is 14.1. The van der Waals surface area contributed by atoms with Crippen LogP contribution in [0.1, 0.15) is 33.1 Å². The summed E-state index contributed by atoms with van der Waals surface area (Å²) in [5.74, 6) is -0.873. The third-order valence-corrected chi connectivity index (χ3v) is 4.15. The van der Waals surface area contributed by atoms with Crippen molar-refractivity contribution >= 4 is 28.9 Å². The van der Waals surface area contributed by atoms with E-state index in [0.717, 1.165) is 15.5 Å². The summed E-state index contributed by atoms with van der Waals surface area (Å²) < 4.78 is 0. The van der Waals surface area contributed by atoms with Gasteiger partial charge in [0, 0.05) is 22.5 Å². The Labute approximate surface area is 120 Å². The maximum Gasteiger partial charge on any atom is 0.345 e. The number of thiophene rings is 1. The summed E-state index contributed by atoms with van der Waals surface area (Å²) in [4.78, 5) is 12.2. The van der Waals surface area contributed by atoms with Crippen molar-refractivity contribution in [2.24, 2.45) is 0 Å². The van der Waals surface area contributed by atoms with Gasteiger partial charge < -0.3 is 10.4 Å². The van der Waals surface area contributed by atoms with E-state index in [1.165, 1.54) is 11.3 Å². The highest BCUT2D eigenvalue weighted by atomic mass is 35.5. The van der Waals surface area contributed by atoms with Gasteiger partial charge in [0.1, 0.15) is 4.88 Å². The fraction of sp³-hybridized carbons (Fsp3) is 0.214. The average molecular weight is 296 g/mol. The molecule has 5 heteroatoms. The van der Waals surface area contributed by atoms with Crippen LogP contribution in [0.4, 0.5) is 0 Å². The minimum atomic E-state index is -0.873. The van der Waals surface area contributed by atoms with Crippen LogP contribution in [0.15, 0.2) is 36.4 Å². The first-order chi connectivity index (χ1) is 9.06. The summed E-state index contributed by atoms with van der Waals surface area (Å²) in [6, 6.07) is 11.4. The van der Waals surface area contributed by atoms with Crippen LogP contribution in [0.25, 0.3) is 0 Å². The van der Waals surface area contributed by atoms with Gasteiger partial charge in [-0.05, 0) is 36.8 Å². The van der Waals surface area contributed by atoms with E-state index in [1.807, 2.05) is 30.3 Å². The average Bonchev–Trinajstić information content (AvgIpc) is 2.86. The molecule has 1 heterocycles. The van der Waals surface area contributed by atoms with E-state index in [1.54, 1.807) is 6.07 Å². The van der Waals surface area contributed by atoms with Crippen LogP contribution in [0, 0.1) is 0 Å². The Kier molecular flexibility index (Phi) is 4.58. The SMILES string of the molecule is C[C@H](NCc1ccc(C(=O)O)s1)c1ccc(Cl)cc1. The van der Waals surface area contributed by atoms with Crippen molar-refractivity contribution in [2.45, 2.75) is 19.5 Å². The molecule has 0 unspecified atom stereocenters. The largest absolute Gasteiger partial charge is 0.477 e. The Bertz CT molecular complexity index is 565. The first-order valence-electron chi connectivity index (χ1n) is 5.87. The lowest BCUT2D eigenvalue weighted by atomic mass is 10.1. The molecule has 0 aliphatic carbocycles. The Morgan fingerprint density at radius 1 is 1.32 bits per heavy atom. The van der Waals surface area contributed by atoms with Crippen molar-refractivity contribution in [3.63, 3.8) is 0 Å². The highest BCUT2D eigenvalue weighted by molar-refractivity contribution is 7.13. The molecule has 1 atom stereocenters. The number of halogens is 1. The fourth-order valence-corrected chi connectivity index (χ4v) is 2.63. The van der Waals surface area contributed by atoms with E-state index < -0.39 is 5.97 Å². The summed E-state index contributed by atoms with van der Waals surface area (Å²) in [7, 11) is 0. The van der Waals surface area contributed by atoms with Crippen molar-refractivity contribution in [1.29, 1.82) is 0 Å². The van der Waals surface area contributed by atoms with Crippen molar-refractivity contribution < 1.29 is 9.90 Å². The van der Waals surface area contributed by atoms with Crippen molar-refractivity contribution in [3.8, 4) is 0 Å². The molecule has 2 rings (SSSR count). The van der Waals surface area contributed by atoms with E-state index in [4.69, 9.17) is 16.7 Å². The molecule has 2 N–H and O–H groups in total. The first-order valence-corrected chi connectivity index (χ1v) is 7.06. The minimum Gasteiger partial charge on any atom is -0.477 e. The Morgan fingerprint density at radius 3 is 2.58 bits per heavy atom. The van der Waals surface area contributed by atoms with Crippen molar-refractivity contribution in [3.05, 3.63) is 56.7 Å². The van der Waals surface area contributed by atoms with E-state index in [9.17, 15) is 4.79 Å². The van der Waals surface area contributed by atoms with Crippen LogP contribution in [-0.4, -0.2) is 11.1 Å². The standard InChI is InChI=1S/C14H14ClNO2S/c1-9(10-2-4-11(15)5-3-10)16-8-12-6-7-13(19-12)14(17)18/h2-7,9,16H,8H2,1H3,(H,17,18)/t9-/m0/s1. The number of carboxylic acid groups (broad SMARTS) is 1. The Hall–Kier alpha value is -1.36. The van der Waals surface area contributed by atoms with Crippen LogP contribution >= 0.6 is 22.9 Å². The number of hydrogen-bond acceptors (Lipinski definition) is 3. The third-order valence-electron chi connectivity index (χ3n) is 2.82. The lowest BCUT2D eigenvalue weighted by Crippen LogP contribution is -2.17. The fourth-order valence-electron chi connectivity index (χ4n) is 1.71. The van der Waals surface area contributed by atoms with Crippen LogP contribution in [0.3, 0.4) is 0 Å². The van der Waals surface area contributed by atoms with Gasteiger partial charge >= 0.3 is 5.97 Å². The minimum absolute atomic E-state index is 0.188. The zero-order valence-electron chi connectivity index (χ0n) is 10.4. The Balaban J connectivity index is 1.94. The van der Waals surface area contributed by atoms with Gasteiger partial charge in [-0.1, -0.05) is 23.7 Å². The summed E-state index contributed by atoms with van der Waals surface area (Å²) in [6.07, 6.45) is 0. The number of nitrogens with one attached hydrogen (secondary N) is 1. The molecule has 2 aromatic rings. The van der Waals surface area contributed by atoms with E-state index in [-0.39, 0.29) is 6.04 Å². The quantitative estimate of drug-likeness (QED) is 0.878. The van der Waals surface area contributed by atoms with Gasteiger partial charge in [0.15, 0.2) is 0 Å². The molecule has 0 fully saturated rings. The molecule has 0 spiro atoms. The summed E-state index contributed by atoms with van der Waals surface area (Å²) >= 11 is 7.14. The van der Waals surface area contributed by atoms with Gasteiger partial charge in [-0.15, -0.1) is 11.3 Å². The molecule has 0 saturated carbocycles. The van der Waals surface area contributed by atoms with Gasteiger partial charge in [-0.25, -0.2) is 4.79 Å². The lowest BCUT2D eigenvalue weighted by Gasteiger charge is -2.13. The highest BCUT2D eigenvalue weighted by Gasteiger charge is 2.09. The number of aromatic carboxylic acids is 1. The number of carboxylic acids is 1. The van der Waals surface area contributed by atoms with Gasteiger partial charge in [0.05, 0.1) is 0 Å². The predicted octanol–water partition coefficient (Wildman–Crippen LogP) is 3.95. The van der Waals surface area contributed by atoms with Gasteiger partial charge in [-0.3, -0.25) is 0 Å². The van der Waals surface area contributed by atoms with E-state index in [2.05, 4.69) is 12.2 Å². The maximum absolute atomic E-state index is 10.8. The molecule has 0 radical (unpaired) electrons. The molecule has 0 saturated heterocycles. The molecule has 100 valence electrons. The molecule has 3 nitrogen and oxygen atoms in total. The molecule has 1 aromatic carbocycles. The second kappa shape index (κ2) is 6.19. The van der Waals surface area contributed by atoms with Crippen LogP contribution in [0.5, 0.6) is 0 Å². The van der Waals surface area contributed by atoms with Gasteiger partial charge in [0.2, 0.25) is 0 Å². The van der Waals surface area contributed by atoms with Crippen LogP contribution in [0.2, 0.25) is 5.02 Å². The molecular formula is C14H14ClNO2S. The summed E-state index contributed by atoms with van der Waals surface area (Å²) in [6.45, 7) is 2.72. The third kappa shape index (κ3) is 3.80. The molecule has 0 amide bonds. The molecule has 1 aromatic heterocycles. The van der Waals surface area contributed by atoms with Crippen LogP contribution in [-0.2, 0) is 6.54 Å². The number of benzene rings is 1. The van der Waals surface area contributed by atoms with Crippen LogP contribution < -0.4 is 5.32 Å². The highest BCUT2D eigenvalue weighted by Crippen LogP contribution is 2.19. The molecular weight excluding hydrogens is 282 g/mol. The van der Waals surface area contributed by atoms with Gasteiger partial charge in [-0.2, -0.15) is 0 Å². The zero-order chi connectivity index (χ0) is 13.8. The smallest absolute Gasteiger partial charge is 0.345 e. The molecule has 0 aliphatic heterocycles. The lowest BCUT2D eigenvalue weighted by molar-refractivity contribution is 0.0702. The maximum atomic E-state index is 10.8. The second-order valence-corrected chi connectivity index (χ2v) is 5.83. The van der Waals surface area contributed by atoms with Crippen molar-refractivity contribution in [2.75, 3.05) is 0 Å². The molecule has 0 bridgehead atoms. The zero-order valence-corrected chi connectivity index (χ0v) is 12.0. The number of hydrogen-bond donors (Lipinski definition) is 2. The normalized spacial score (nSPS) is 12.3. The molecule has 19 heavy (non-hydrogen) atoms.